The van der Waals surface area contributed by atoms with E-state index in [0.29, 0.717) is 13.2 Å². The lowest BCUT2D eigenvalue weighted by Crippen LogP contribution is -2.10. The minimum atomic E-state index is -0.255. The summed E-state index contributed by atoms with van der Waals surface area (Å²) < 4.78 is 10.8. The van der Waals surface area contributed by atoms with Crippen LogP contribution in [0.15, 0.2) is 18.2 Å². The van der Waals surface area contributed by atoms with E-state index in [-0.39, 0.29) is 12.4 Å². The highest BCUT2D eigenvalue weighted by atomic mass is 32.1. The number of carbonyl (C=O) groups excluding carboxylic acids is 1. The topological polar surface area (TPSA) is 48.4 Å². The third kappa shape index (κ3) is 4.56. The first kappa shape index (κ1) is 16.5. The van der Waals surface area contributed by atoms with Crippen molar-refractivity contribution in [1.29, 1.82) is 0 Å². The van der Waals surface area contributed by atoms with Crippen LogP contribution in [0.5, 0.6) is 5.75 Å². The third-order valence-corrected chi connectivity index (χ3v) is 4.46. The van der Waals surface area contributed by atoms with Crippen LogP contribution in [0.2, 0.25) is 0 Å². The Morgan fingerprint density at radius 3 is 2.59 bits per heavy atom. The third-order valence-electron chi connectivity index (χ3n) is 3.42. The average Bonchev–Trinajstić information content (AvgIpc) is 2.78. The Labute approximate surface area is 135 Å². The summed E-state index contributed by atoms with van der Waals surface area (Å²) in [5.74, 6) is 0.527. The predicted molar refractivity (Wildman–Crippen MR) is 87.4 cm³/mol. The second-order valence-electron chi connectivity index (χ2n) is 5.25. The lowest BCUT2D eigenvalue weighted by atomic mass is 10.1. The molecule has 4 nitrogen and oxygen atoms in total. The number of hydrogen-bond acceptors (Lipinski definition) is 5. The molecule has 1 aromatic carbocycles. The van der Waals surface area contributed by atoms with Crippen LogP contribution in [-0.4, -0.2) is 17.6 Å². The molecule has 0 bridgehead atoms. The maximum Gasteiger partial charge on any atom is 0.309 e. The Bertz CT molecular complexity index is 664. The highest BCUT2D eigenvalue weighted by Gasteiger charge is 2.09. The number of ether oxygens (including phenoxy) is 2. The SMILES string of the molecule is Cc1nc(C)c(COC(=O)CCOc2ccc(C)c(C)c2)s1. The summed E-state index contributed by atoms with van der Waals surface area (Å²) in [6.07, 6.45) is 0.240. The minimum absolute atomic E-state index is 0.240. The molecule has 0 aliphatic carbocycles. The Hall–Kier alpha value is -1.88. The predicted octanol–water partition coefficient (Wildman–Crippen LogP) is 3.89. The number of rotatable bonds is 6. The summed E-state index contributed by atoms with van der Waals surface area (Å²) in [5.41, 5.74) is 3.33. The number of esters is 1. The Balaban J connectivity index is 1.73. The average molecular weight is 319 g/mol. The van der Waals surface area contributed by atoms with Gasteiger partial charge in [-0.05, 0) is 51.0 Å². The van der Waals surface area contributed by atoms with Crippen molar-refractivity contribution in [3.63, 3.8) is 0 Å². The van der Waals surface area contributed by atoms with E-state index in [1.807, 2.05) is 39.0 Å². The summed E-state index contributed by atoms with van der Waals surface area (Å²) in [5, 5.41) is 0.988. The zero-order chi connectivity index (χ0) is 16.1. The van der Waals surface area contributed by atoms with Crippen LogP contribution < -0.4 is 4.74 Å². The lowest BCUT2D eigenvalue weighted by Gasteiger charge is -2.08. The normalized spacial score (nSPS) is 10.5. The fourth-order valence-electron chi connectivity index (χ4n) is 1.98. The summed E-state index contributed by atoms with van der Waals surface area (Å²) >= 11 is 1.56. The van der Waals surface area contributed by atoms with Crippen molar-refractivity contribution in [3.05, 3.63) is 44.9 Å². The molecule has 0 aliphatic rings. The van der Waals surface area contributed by atoms with Crippen molar-refractivity contribution in [2.45, 2.75) is 40.7 Å². The van der Waals surface area contributed by atoms with Crippen molar-refractivity contribution in [1.82, 2.24) is 4.98 Å². The molecule has 2 rings (SSSR count). The molecule has 0 aliphatic heterocycles. The first-order chi connectivity index (χ1) is 10.5. The lowest BCUT2D eigenvalue weighted by molar-refractivity contribution is -0.145. The van der Waals surface area contributed by atoms with Crippen molar-refractivity contribution in [3.8, 4) is 5.75 Å². The molecule has 1 aromatic heterocycles. The standard InChI is InChI=1S/C17H21NO3S/c1-11-5-6-15(9-12(11)2)20-8-7-17(19)21-10-16-13(3)18-14(4)22-16/h5-6,9H,7-8,10H2,1-4H3. The molecule has 5 heteroatoms. The van der Waals surface area contributed by atoms with Gasteiger partial charge in [-0.3, -0.25) is 4.79 Å². The molecule has 118 valence electrons. The molecule has 0 saturated carbocycles. The van der Waals surface area contributed by atoms with E-state index in [0.717, 1.165) is 21.3 Å². The number of thiazole rings is 1. The minimum Gasteiger partial charge on any atom is -0.493 e. The van der Waals surface area contributed by atoms with E-state index >= 15 is 0 Å². The highest BCUT2D eigenvalue weighted by Crippen LogP contribution is 2.19. The second-order valence-corrected chi connectivity index (χ2v) is 6.53. The van der Waals surface area contributed by atoms with Gasteiger partial charge in [0.15, 0.2) is 0 Å². The zero-order valence-electron chi connectivity index (χ0n) is 13.4. The molecule has 0 unspecified atom stereocenters. The Morgan fingerprint density at radius 1 is 1.18 bits per heavy atom. The zero-order valence-corrected chi connectivity index (χ0v) is 14.3. The summed E-state index contributed by atoms with van der Waals surface area (Å²) in [4.78, 5) is 17.0. The number of benzene rings is 1. The van der Waals surface area contributed by atoms with Gasteiger partial charge in [0.25, 0.3) is 0 Å². The van der Waals surface area contributed by atoms with Crippen LogP contribution in [0, 0.1) is 27.7 Å². The Morgan fingerprint density at radius 2 is 1.95 bits per heavy atom. The second kappa shape index (κ2) is 7.40. The molecule has 0 amide bonds. The van der Waals surface area contributed by atoms with Gasteiger partial charge in [0, 0.05) is 0 Å². The molecule has 1 heterocycles. The van der Waals surface area contributed by atoms with Crippen molar-refractivity contribution in [2.24, 2.45) is 0 Å². The molecular formula is C17H21NO3S. The molecule has 0 radical (unpaired) electrons. The van der Waals surface area contributed by atoms with E-state index in [2.05, 4.69) is 11.9 Å². The smallest absolute Gasteiger partial charge is 0.309 e. The van der Waals surface area contributed by atoms with Crippen molar-refractivity contribution < 1.29 is 14.3 Å². The molecule has 0 saturated heterocycles. The fraction of sp³-hybridized carbons (Fsp3) is 0.412. The van der Waals surface area contributed by atoms with E-state index in [9.17, 15) is 4.79 Å². The largest absolute Gasteiger partial charge is 0.493 e. The van der Waals surface area contributed by atoms with Crippen LogP contribution in [0.3, 0.4) is 0 Å². The van der Waals surface area contributed by atoms with E-state index < -0.39 is 0 Å². The van der Waals surface area contributed by atoms with Crippen molar-refractivity contribution >= 4 is 17.3 Å². The number of nitrogens with zero attached hydrogens (tertiary/aromatic N) is 1. The molecule has 22 heavy (non-hydrogen) atoms. The molecule has 0 atom stereocenters. The Kier molecular flexibility index (Phi) is 5.55. The molecular weight excluding hydrogens is 298 g/mol. The number of aromatic nitrogens is 1. The van der Waals surface area contributed by atoms with E-state index in [4.69, 9.17) is 9.47 Å². The van der Waals surface area contributed by atoms with Gasteiger partial charge in [-0.2, -0.15) is 0 Å². The first-order valence-corrected chi connectivity index (χ1v) is 8.06. The highest BCUT2D eigenvalue weighted by molar-refractivity contribution is 7.11. The molecule has 0 spiro atoms. The van der Waals surface area contributed by atoms with Gasteiger partial charge in [-0.1, -0.05) is 6.07 Å². The summed E-state index contributed by atoms with van der Waals surface area (Å²) in [6, 6.07) is 5.90. The first-order valence-electron chi connectivity index (χ1n) is 7.24. The van der Waals surface area contributed by atoms with Crippen LogP contribution in [0.4, 0.5) is 0 Å². The molecule has 0 N–H and O–H groups in total. The maximum atomic E-state index is 11.7. The fourth-order valence-corrected chi connectivity index (χ4v) is 2.83. The number of hydrogen-bond donors (Lipinski definition) is 0. The van der Waals surface area contributed by atoms with Gasteiger partial charge >= 0.3 is 5.97 Å². The van der Waals surface area contributed by atoms with Crippen LogP contribution in [0.25, 0.3) is 0 Å². The summed E-state index contributed by atoms with van der Waals surface area (Å²) in [7, 11) is 0. The van der Waals surface area contributed by atoms with Gasteiger partial charge in [0.2, 0.25) is 0 Å². The number of aryl methyl sites for hydroxylation is 4. The molecule has 2 aromatic rings. The maximum absolute atomic E-state index is 11.7. The monoisotopic (exact) mass is 319 g/mol. The van der Waals surface area contributed by atoms with E-state index in [1.54, 1.807) is 11.3 Å². The van der Waals surface area contributed by atoms with Gasteiger partial charge in [-0.25, -0.2) is 4.98 Å². The summed E-state index contributed by atoms with van der Waals surface area (Å²) in [6.45, 7) is 8.58. The quantitative estimate of drug-likeness (QED) is 0.758. The van der Waals surface area contributed by atoms with Gasteiger partial charge < -0.3 is 9.47 Å². The van der Waals surface area contributed by atoms with Crippen LogP contribution >= 0.6 is 11.3 Å². The van der Waals surface area contributed by atoms with Gasteiger partial charge in [0.1, 0.15) is 12.4 Å². The van der Waals surface area contributed by atoms with E-state index in [1.165, 1.54) is 11.1 Å². The van der Waals surface area contributed by atoms with Gasteiger partial charge in [0.05, 0.1) is 28.6 Å². The van der Waals surface area contributed by atoms with Crippen LogP contribution in [0.1, 0.15) is 33.1 Å². The molecule has 0 fully saturated rings. The van der Waals surface area contributed by atoms with Crippen molar-refractivity contribution in [2.75, 3.05) is 6.61 Å². The number of carbonyl (C=O) groups is 1. The van der Waals surface area contributed by atoms with Gasteiger partial charge in [-0.15, -0.1) is 11.3 Å². The van der Waals surface area contributed by atoms with Crippen LogP contribution in [-0.2, 0) is 16.1 Å².